The van der Waals surface area contributed by atoms with Gasteiger partial charge in [0.25, 0.3) is 5.91 Å². The molecule has 1 saturated heterocycles. The van der Waals surface area contributed by atoms with Crippen LogP contribution in [0.25, 0.3) is 0 Å². The third kappa shape index (κ3) is 7.45. The zero-order valence-electron chi connectivity index (χ0n) is 19.6. The van der Waals surface area contributed by atoms with Crippen molar-refractivity contribution in [2.45, 2.75) is 13.1 Å². The molecule has 1 fully saturated rings. The molecule has 1 aliphatic rings. The van der Waals surface area contributed by atoms with E-state index >= 15 is 0 Å². The van der Waals surface area contributed by atoms with Crippen LogP contribution in [0.5, 0.6) is 0 Å². The molecule has 0 N–H and O–H groups in total. The average Bonchev–Trinajstić information content (AvgIpc) is 3.41. The lowest BCUT2D eigenvalue weighted by Crippen LogP contribution is -2.47. The molecular formula is C27H30FN3O3S. The van der Waals surface area contributed by atoms with E-state index in [1.165, 1.54) is 12.1 Å². The molecule has 0 radical (unpaired) electrons. The first-order valence-corrected chi connectivity index (χ1v) is 12.7. The van der Waals surface area contributed by atoms with Gasteiger partial charge in [0.15, 0.2) is 0 Å². The van der Waals surface area contributed by atoms with Crippen molar-refractivity contribution in [1.29, 1.82) is 0 Å². The van der Waals surface area contributed by atoms with Crippen molar-refractivity contribution in [3.8, 4) is 0 Å². The van der Waals surface area contributed by atoms with Crippen LogP contribution < -0.4 is 0 Å². The summed E-state index contributed by atoms with van der Waals surface area (Å²) < 4.78 is 18.8. The Balaban J connectivity index is 1.50. The van der Waals surface area contributed by atoms with E-state index in [-0.39, 0.29) is 24.2 Å². The van der Waals surface area contributed by atoms with Gasteiger partial charge in [0.2, 0.25) is 5.91 Å². The predicted octanol–water partition coefficient (Wildman–Crippen LogP) is 3.89. The number of amides is 2. The van der Waals surface area contributed by atoms with Gasteiger partial charge in [0, 0.05) is 43.2 Å². The Morgan fingerprint density at radius 2 is 1.66 bits per heavy atom. The molecule has 35 heavy (non-hydrogen) atoms. The van der Waals surface area contributed by atoms with Crippen LogP contribution in [0.15, 0.2) is 72.1 Å². The van der Waals surface area contributed by atoms with E-state index in [1.54, 1.807) is 45.4 Å². The SMILES string of the molecule is O=C(CN(CCN1CCOCC1)C(=O)c1ccccc1)N(Cc1ccc(F)cc1)Cc1cccs1. The van der Waals surface area contributed by atoms with Crippen LogP contribution in [-0.4, -0.2) is 72.5 Å². The van der Waals surface area contributed by atoms with Crippen LogP contribution in [0.2, 0.25) is 0 Å². The highest BCUT2D eigenvalue weighted by molar-refractivity contribution is 7.09. The summed E-state index contributed by atoms with van der Waals surface area (Å²) in [6.45, 7) is 4.87. The van der Waals surface area contributed by atoms with E-state index in [1.807, 2.05) is 35.7 Å². The standard InChI is InChI=1S/C27H30FN3O3S/c28-24-10-8-22(9-11-24)19-31(20-25-7-4-18-35-25)26(32)21-30(13-12-29-14-16-34-17-15-29)27(33)23-5-2-1-3-6-23/h1-11,18H,12-17,19-21H2. The van der Waals surface area contributed by atoms with Crippen molar-refractivity contribution < 1.29 is 18.7 Å². The van der Waals surface area contributed by atoms with Crippen LogP contribution in [-0.2, 0) is 22.6 Å². The van der Waals surface area contributed by atoms with E-state index in [9.17, 15) is 14.0 Å². The number of halogens is 1. The summed E-state index contributed by atoms with van der Waals surface area (Å²) in [5.74, 6) is -0.619. The molecule has 8 heteroatoms. The number of ether oxygens (including phenoxy) is 1. The van der Waals surface area contributed by atoms with Gasteiger partial charge in [-0.1, -0.05) is 36.4 Å². The Morgan fingerprint density at radius 1 is 0.914 bits per heavy atom. The molecule has 0 unspecified atom stereocenters. The molecule has 3 aromatic rings. The summed E-state index contributed by atoms with van der Waals surface area (Å²) in [4.78, 5) is 33.6. The molecule has 6 nitrogen and oxygen atoms in total. The van der Waals surface area contributed by atoms with Gasteiger partial charge in [0.1, 0.15) is 12.4 Å². The summed E-state index contributed by atoms with van der Waals surface area (Å²) in [6.07, 6.45) is 0. The Labute approximate surface area is 209 Å². The second-order valence-corrected chi connectivity index (χ2v) is 9.53. The predicted molar refractivity (Wildman–Crippen MR) is 135 cm³/mol. The van der Waals surface area contributed by atoms with E-state index in [4.69, 9.17) is 4.74 Å². The zero-order valence-corrected chi connectivity index (χ0v) is 20.5. The summed E-state index contributed by atoms with van der Waals surface area (Å²) in [7, 11) is 0. The van der Waals surface area contributed by atoms with Gasteiger partial charge in [-0.2, -0.15) is 0 Å². The summed E-state index contributed by atoms with van der Waals surface area (Å²) >= 11 is 1.58. The molecule has 2 aromatic carbocycles. The van der Waals surface area contributed by atoms with Gasteiger partial charge in [0.05, 0.1) is 19.8 Å². The molecule has 4 rings (SSSR count). The Kier molecular flexibility index (Phi) is 9.00. The third-order valence-electron chi connectivity index (χ3n) is 5.99. The largest absolute Gasteiger partial charge is 0.379 e. The molecule has 1 aromatic heterocycles. The minimum absolute atomic E-state index is 0.0232. The second-order valence-electron chi connectivity index (χ2n) is 8.50. The van der Waals surface area contributed by atoms with Crippen molar-refractivity contribution in [2.75, 3.05) is 45.9 Å². The second kappa shape index (κ2) is 12.6. The Hall–Kier alpha value is -3.07. The van der Waals surface area contributed by atoms with E-state index in [2.05, 4.69) is 4.90 Å². The fourth-order valence-corrected chi connectivity index (χ4v) is 4.72. The molecule has 0 bridgehead atoms. The molecule has 2 heterocycles. The number of benzene rings is 2. The van der Waals surface area contributed by atoms with Crippen molar-refractivity contribution in [3.63, 3.8) is 0 Å². The number of hydrogen-bond acceptors (Lipinski definition) is 5. The van der Waals surface area contributed by atoms with Gasteiger partial charge in [-0.25, -0.2) is 4.39 Å². The lowest BCUT2D eigenvalue weighted by molar-refractivity contribution is -0.133. The highest BCUT2D eigenvalue weighted by atomic mass is 32.1. The average molecular weight is 496 g/mol. The van der Waals surface area contributed by atoms with Crippen LogP contribution in [0.1, 0.15) is 20.8 Å². The number of carbonyl (C=O) groups excluding carboxylic acids is 2. The molecule has 1 aliphatic heterocycles. The molecule has 0 atom stereocenters. The van der Waals surface area contributed by atoms with Gasteiger partial charge >= 0.3 is 0 Å². The molecule has 184 valence electrons. The number of morpholine rings is 1. The first kappa shape index (κ1) is 25.0. The lowest BCUT2D eigenvalue weighted by Gasteiger charge is -2.31. The maximum Gasteiger partial charge on any atom is 0.254 e. The Morgan fingerprint density at radius 3 is 2.34 bits per heavy atom. The van der Waals surface area contributed by atoms with Gasteiger partial charge in [-0.05, 0) is 41.3 Å². The van der Waals surface area contributed by atoms with Gasteiger partial charge < -0.3 is 14.5 Å². The fourth-order valence-electron chi connectivity index (χ4n) is 4.00. The molecule has 0 aliphatic carbocycles. The van der Waals surface area contributed by atoms with Crippen LogP contribution in [0.4, 0.5) is 4.39 Å². The monoisotopic (exact) mass is 495 g/mol. The van der Waals surface area contributed by atoms with Crippen molar-refractivity contribution in [3.05, 3.63) is 93.9 Å². The summed E-state index contributed by atoms with van der Waals surface area (Å²) in [5, 5.41) is 1.98. The van der Waals surface area contributed by atoms with Gasteiger partial charge in [-0.3, -0.25) is 14.5 Å². The van der Waals surface area contributed by atoms with Crippen molar-refractivity contribution in [2.24, 2.45) is 0 Å². The van der Waals surface area contributed by atoms with Crippen molar-refractivity contribution in [1.82, 2.24) is 14.7 Å². The minimum Gasteiger partial charge on any atom is -0.379 e. The maximum atomic E-state index is 13.6. The van der Waals surface area contributed by atoms with Crippen LogP contribution in [0, 0.1) is 5.82 Å². The van der Waals surface area contributed by atoms with E-state index in [0.29, 0.717) is 45.0 Å². The number of hydrogen-bond donors (Lipinski definition) is 0. The summed E-state index contributed by atoms with van der Waals surface area (Å²) in [6, 6.07) is 19.2. The molecule has 0 spiro atoms. The number of thiophene rings is 1. The van der Waals surface area contributed by atoms with Crippen LogP contribution in [0.3, 0.4) is 0 Å². The highest BCUT2D eigenvalue weighted by Crippen LogP contribution is 2.16. The Bertz CT molecular complexity index is 1070. The van der Waals surface area contributed by atoms with Gasteiger partial charge in [-0.15, -0.1) is 11.3 Å². The lowest BCUT2D eigenvalue weighted by atomic mass is 10.2. The third-order valence-corrected chi connectivity index (χ3v) is 6.85. The molecular weight excluding hydrogens is 465 g/mol. The first-order chi connectivity index (χ1) is 17.1. The first-order valence-electron chi connectivity index (χ1n) is 11.8. The molecule has 2 amide bonds. The topological polar surface area (TPSA) is 53.1 Å². The number of nitrogens with zero attached hydrogens (tertiary/aromatic N) is 3. The van der Waals surface area contributed by atoms with Crippen LogP contribution >= 0.6 is 11.3 Å². The van der Waals surface area contributed by atoms with Crippen molar-refractivity contribution >= 4 is 23.2 Å². The fraction of sp³-hybridized carbons (Fsp3) is 0.333. The minimum atomic E-state index is -0.312. The summed E-state index contributed by atoms with van der Waals surface area (Å²) in [5.41, 5.74) is 1.40. The van der Waals surface area contributed by atoms with E-state index in [0.717, 1.165) is 23.5 Å². The number of carbonyl (C=O) groups is 2. The maximum absolute atomic E-state index is 13.6. The smallest absolute Gasteiger partial charge is 0.254 e. The van der Waals surface area contributed by atoms with E-state index < -0.39 is 0 Å². The molecule has 0 saturated carbocycles. The number of rotatable bonds is 10. The zero-order chi connectivity index (χ0) is 24.5. The quantitative estimate of drug-likeness (QED) is 0.428. The highest BCUT2D eigenvalue weighted by Gasteiger charge is 2.24. The normalized spacial score (nSPS) is 14.0.